The number of hydrogen-bond donors (Lipinski definition) is 1. The van der Waals surface area contributed by atoms with Gasteiger partial charge in [-0.05, 0) is 11.6 Å². The summed E-state index contributed by atoms with van der Waals surface area (Å²) in [7, 11) is 1.46. The van der Waals surface area contributed by atoms with Crippen LogP contribution in [0, 0.1) is 10.1 Å². The molecule has 1 aromatic carbocycles. The molecule has 0 fully saturated rings. The summed E-state index contributed by atoms with van der Waals surface area (Å²) in [6, 6.07) is 4.56. The third-order valence-electron chi connectivity index (χ3n) is 2.61. The van der Waals surface area contributed by atoms with Crippen LogP contribution < -0.4 is 4.74 Å². The average molecular weight is 263 g/mol. The van der Waals surface area contributed by atoms with E-state index >= 15 is 0 Å². The predicted molar refractivity (Wildman–Crippen MR) is 66.9 cm³/mol. The van der Waals surface area contributed by atoms with Gasteiger partial charge in [0.1, 0.15) is 5.75 Å². The van der Waals surface area contributed by atoms with Gasteiger partial charge in [-0.1, -0.05) is 0 Å². The van der Waals surface area contributed by atoms with Crippen LogP contribution in [-0.4, -0.2) is 26.9 Å². The molecule has 2 rings (SSSR count). The molecule has 0 atom stereocenters. The number of nitro groups is 1. The summed E-state index contributed by atoms with van der Waals surface area (Å²) in [4.78, 5) is 10.4. The van der Waals surface area contributed by atoms with Crippen LogP contribution in [-0.2, 0) is 13.2 Å². The fourth-order valence-corrected chi connectivity index (χ4v) is 1.72. The van der Waals surface area contributed by atoms with Gasteiger partial charge in [0.25, 0.3) is 5.69 Å². The van der Waals surface area contributed by atoms with Gasteiger partial charge in [-0.3, -0.25) is 14.8 Å². The summed E-state index contributed by atoms with van der Waals surface area (Å²) in [5, 5.41) is 23.8. The molecule has 0 spiro atoms. The number of nitro benzene ring substituents is 1. The van der Waals surface area contributed by atoms with E-state index in [0.29, 0.717) is 23.4 Å². The number of methoxy groups -OCH3 is 1. The first-order valence-electron chi connectivity index (χ1n) is 5.57. The van der Waals surface area contributed by atoms with Gasteiger partial charge < -0.3 is 9.84 Å². The maximum absolute atomic E-state index is 10.8. The van der Waals surface area contributed by atoms with Crippen LogP contribution >= 0.6 is 0 Å². The molecule has 0 saturated heterocycles. The van der Waals surface area contributed by atoms with Crippen molar-refractivity contribution in [2.45, 2.75) is 13.2 Å². The lowest BCUT2D eigenvalue weighted by Gasteiger charge is -2.05. The van der Waals surface area contributed by atoms with Gasteiger partial charge in [-0.25, -0.2) is 0 Å². The molecule has 1 aromatic heterocycles. The molecule has 2 aromatic rings. The molecule has 0 radical (unpaired) electrons. The number of aliphatic hydroxyl groups excluding tert-OH is 1. The first-order valence-corrected chi connectivity index (χ1v) is 5.57. The topological polar surface area (TPSA) is 90.4 Å². The van der Waals surface area contributed by atoms with Crippen molar-refractivity contribution in [3.05, 3.63) is 51.8 Å². The second-order valence-corrected chi connectivity index (χ2v) is 4.00. The Balaban J connectivity index is 2.28. The Labute approximate surface area is 109 Å². The number of nitrogens with zero attached hydrogens (tertiary/aromatic N) is 3. The van der Waals surface area contributed by atoms with Crippen molar-refractivity contribution in [1.82, 2.24) is 9.78 Å². The van der Waals surface area contributed by atoms with Crippen LogP contribution in [0.1, 0.15) is 11.1 Å². The van der Waals surface area contributed by atoms with Crippen LogP contribution in [0.25, 0.3) is 0 Å². The standard InChI is InChI=1S/C12H13N3O4/c1-19-12-3-9(2-11(4-12)15(17)18)6-14-7-10(8-16)5-13-14/h2-5,7,16H,6,8H2,1H3. The summed E-state index contributed by atoms with van der Waals surface area (Å²) in [5.74, 6) is 0.429. The van der Waals surface area contributed by atoms with Crippen molar-refractivity contribution >= 4 is 5.69 Å². The maximum atomic E-state index is 10.8. The molecule has 1 heterocycles. The van der Waals surface area contributed by atoms with Crippen LogP contribution in [0.4, 0.5) is 5.69 Å². The Bertz CT molecular complexity index is 594. The van der Waals surface area contributed by atoms with E-state index in [1.807, 2.05) is 0 Å². The molecule has 0 saturated carbocycles. The van der Waals surface area contributed by atoms with Gasteiger partial charge in [0, 0.05) is 17.8 Å². The lowest BCUT2D eigenvalue weighted by molar-refractivity contribution is -0.385. The molecule has 0 aliphatic rings. The Morgan fingerprint density at radius 3 is 2.79 bits per heavy atom. The smallest absolute Gasteiger partial charge is 0.273 e. The third-order valence-corrected chi connectivity index (χ3v) is 2.61. The molecule has 0 amide bonds. The lowest BCUT2D eigenvalue weighted by atomic mass is 10.2. The quantitative estimate of drug-likeness (QED) is 0.649. The number of non-ortho nitro benzene ring substituents is 1. The van der Waals surface area contributed by atoms with Gasteiger partial charge >= 0.3 is 0 Å². The van der Waals surface area contributed by atoms with Crippen LogP contribution in [0.3, 0.4) is 0 Å². The summed E-state index contributed by atoms with van der Waals surface area (Å²) in [5.41, 5.74) is 1.37. The highest BCUT2D eigenvalue weighted by molar-refractivity contribution is 5.42. The minimum atomic E-state index is -0.464. The monoisotopic (exact) mass is 263 g/mol. The second kappa shape index (κ2) is 5.49. The largest absolute Gasteiger partial charge is 0.496 e. The fourth-order valence-electron chi connectivity index (χ4n) is 1.72. The van der Waals surface area contributed by atoms with Gasteiger partial charge in [0.2, 0.25) is 0 Å². The number of aliphatic hydroxyl groups is 1. The number of ether oxygens (including phenoxy) is 1. The zero-order chi connectivity index (χ0) is 13.8. The Kier molecular flexibility index (Phi) is 3.76. The summed E-state index contributed by atoms with van der Waals surface area (Å²) < 4.78 is 6.64. The average Bonchev–Trinajstić information content (AvgIpc) is 2.85. The Morgan fingerprint density at radius 1 is 1.42 bits per heavy atom. The number of hydrogen-bond acceptors (Lipinski definition) is 5. The SMILES string of the molecule is COc1cc(Cn2cc(CO)cn2)cc([N+](=O)[O-])c1. The van der Waals surface area contributed by atoms with Gasteiger partial charge in [0.15, 0.2) is 0 Å². The molecule has 0 unspecified atom stereocenters. The van der Waals surface area contributed by atoms with E-state index < -0.39 is 4.92 Å². The molecule has 100 valence electrons. The minimum absolute atomic E-state index is 0.0242. The predicted octanol–water partition coefficient (Wildman–Crippen LogP) is 1.34. The first kappa shape index (κ1) is 13.0. The lowest BCUT2D eigenvalue weighted by Crippen LogP contribution is -2.01. The summed E-state index contributed by atoms with van der Waals surface area (Å²) in [6.45, 7) is 0.288. The van der Waals surface area contributed by atoms with Gasteiger partial charge in [-0.15, -0.1) is 0 Å². The van der Waals surface area contributed by atoms with Crippen molar-refractivity contribution < 1.29 is 14.8 Å². The van der Waals surface area contributed by atoms with Crippen molar-refractivity contribution in [3.8, 4) is 5.75 Å². The zero-order valence-corrected chi connectivity index (χ0v) is 10.3. The first-order chi connectivity index (χ1) is 9.12. The molecule has 0 aliphatic heterocycles. The van der Waals surface area contributed by atoms with E-state index in [4.69, 9.17) is 9.84 Å². The highest BCUT2D eigenvalue weighted by Crippen LogP contribution is 2.23. The molecule has 19 heavy (non-hydrogen) atoms. The van der Waals surface area contributed by atoms with Crippen LogP contribution in [0.15, 0.2) is 30.6 Å². The van der Waals surface area contributed by atoms with Gasteiger partial charge in [-0.2, -0.15) is 5.10 Å². The van der Waals surface area contributed by atoms with Crippen molar-refractivity contribution in [2.24, 2.45) is 0 Å². The molecule has 0 bridgehead atoms. The molecule has 7 nitrogen and oxygen atoms in total. The fraction of sp³-hybridized carbons (Fsp3) is 0.250. The number of rotatable bonds is 5. The number of aromatic nitrogens is 2. The number of benzene rings is 1. The van der Waals surface area contributed by atoms with Crippen molar-refractivity contribution in [3.63, 3.8) is 0 Å². The van der Waals surface area contributed by atoms with E-state index in [1.54, 1.807) is 23.1 Å². The highest BCUT2D eigenvalue weighted by atomic mass is 16.6. The molecule has 7 heteroatoms. The van der Waals surface area contributed by atoms with E-state index in [-0.39, 0.29) is 12.3 Å². The maximum Gasteiger partial charge on any atom is 0.273 e. The summed E-state index contributed by atoms with van der Waals surface area (Å²) in [6.07, 6.45) is 3.24. The van der Waals surface area contributed by atoms with Crippen molar-refractivity contribution in [1.29, 1.82) is 0 Å². The molecule has 0 aliphatic carbocycles. The second-order valence-electron chi connectivity index (χ2n) is 4.00. The molecular formula is C12H13N3O4. The van der Waals surface area contributed by atoms with E-state index in [0.717, 1.165) is 0 Å². The zero-order valence-electron chi connectivity index (χ0n) is 10.3. The van der Waals surface area contributed by atoms with E-state index in [9.17, 15) is 10.1 Å². The summed E-state index contributed by atoms with van der Waals surface area (Å²) >= 11 is 0. The Hall–Kier alpha value is -2.41. The Morgan fingerprint density at radius 2 is 2.21 bits per heavy atom. The van der Waals surface area contributed by atoms with E-state index in [2.05, 4.69) is 5.10 Å². The normalized spacial score (nSPS) is 10.4. The van der Waals surface area contributed by atoms with Crippen molar-refractivity contribution in [2.75, 3.05) is 7.11 Å². The van der Waals surface area contributed by atoms with Crippen LogP contribution in [0.5, 0.6) is 5.75 Å². The minimum Gasteiger partial charge on any atom is -0.496 e. The van der Waals surface area contributed by atoms with Gasteiger partial charge in [0.05, 0.1) is 37.4 Å². The molecular weight excluding hydrogens is 250 g/mol. The van der Waals surface area contributed by atoms with Crippen LogP contribution in [0.2, 0.25) is 0 Å². The highest BCUT2D eigenvalue weighted by Gasteiger charge is 2.11. The third kappa shape index (κ3) is 3.08. The molecule has 1 N–H and O–H groups in total. The van der Waals surface area contributed by atoms with E-state index in [1.165, 1.54) is 19.2 Å².